The zero-order valence-corrected chi connectivity index (χ0v) is 34.3. The van der Waals surface area contributed by atoms with Crippen LogP contribution in [-0.4, -0.2) is 128 Å². The van der Waals surface area contributed by atoms with E-state index in [4.69, 9.17) is 9.47 Å². The van der Waals surface area contributed by atoms with E-state index in [1.54, 1.807) is 30.9 Å². The van der Waals surface area contributed by atoms with Gasteiger partial charge in [0.2, 0.25) is 17.7 Å². The summed E-state index contributed by atoms with van der Waals surface area (Å²) in [5, 5.41) is 12.6. The van der Waals surface area contributed by atoms with Gasteiger partial charge in [-0.25, -0.2) is 4.79 Å². The highest BCUT2D eigenvalue weighted by molar-refractivity contribution is 5.90. The number of benzene rings is 1. The van der Waals surface area contributed by atoms with Crippen molar-refractivity contribution in [2.24, 2.45) is 29.6 Å². The lowest BCUT2D eigenvalue weighted by atomic mass is 9.83. The molecule has 1 aliphatic heterocycles. The maximum Gasteiger partial charge on any atom is 0.326 e. The standard InChI is InChI=1S/C41H68N4O8/c1-13-27(6)37(44(10)40(49)30(25(2)3)23-33(46)36(26(4)5)43(8)9)34(52-11)24-35(47)45-21-17-20-32(45)38(53-12)28(7)39(48)42-31(41(50)51)22-29-18-15-14-16-19-29/h14-16,18-19,25-28,30-32,34,36-38H,13,17,20-24H2,1-12H3,(H,42,48)(H,50,51)/t27-,28+,30-,31-,32-,34+,36?,37-,38+/m0/s1. The van der Waals surface area contributed by atoms with Gasteiger partial charge in [-0.05, 0) is 50.3 Å². The van der Waals surface area contributed by atoms with Crippen molar-refractivity contribution < 1.29 is 38.6 Å². The minimum Gasteiger partial charge on any atom is -0.480 e. The monoisotopic (exact) mass is 745 g/mol. The highest BCUT2D eigenvalue weighted by Crippen LogP contribution is 2.31. The molecule has 2 N–H and O–H groups in total. The van der Waals surface area contributed by atoms with Crippen molar-refractivity contribution in [3.8, 4) is 0 Å². The van der Waals surface area contributed by atoms with Crippen molar-refractivity contribution in [1.29, 1.82) is 0 Å². The molecule has 12 nitrogen and oxygen atoms in total. The molecule has 0 aliphatic carbocycles. The van der Waals surface area contributed by atoms with Gasteiger partial charge in [-0.3, -0.25) is 24.1 Å². The van der Waals surface area contributed by atoms with E-state index in [1.165, 1.54) is 7.11 Å². The summed E-state index contributed by atoms with van der Waals surface area (Å²) in [6.45, 7) is 14.2. The number of amides is 3. The molecular weight excluding hydrogens is 676 g/mol. The van der Waals surface area contributed by atoms with Crippen molar-refractivity contribution in [2.75, 3.05) is 41.9 Å². The van der Waals surface area contributed by atoms with E-state index in [-0.39, 0.29) is 60.7 Å². The highest BCUT2D eigenvalue weighted by atomic mass is 16.5. The Hall–Kier alpha value is -3.35. The van der Waals surface area contributed by atoms with Crippen molar-refractivity contribution >= 4 is 29.5 Å². The summed E-state index contributed by atoms with van der Waals surface area (Å²) in [6, 6.07) is 6.85. The number of ketones is 1. The van der Waals surface area contributed by atoms with Crippen molar-refractivity contribution in [2.45, 2.75) is 123 Å². The molecule has 9 atom stereocenters. The maximum atomic E-state index is 14.3. The minimum absolute atomic E-state index is 0.0101. The van der Waals surface area contributed by atoms with Crippen molar-refractivity contribution in [3.63, 3.8) is 0 Å². The zero-order chi connectivity index (χ0) is 40.2. The first-order valence-corrected chi connectivity index (χ1v) is 19.3. The van der Waals surface area contributed by atoms with E-state index < -0.39 is 54.0 Å². The van der Waals surface area contributed by atoms with Gasteiger partial charge in [0.25, 0.3) is 0 Å². The van der Waals surface area contributed by atoms with Crippen LogP contribution in [0.1, 0.15) is 86.1 Å². The number of carbonyl (C=O) groups is 5. The van der Waals surface area contributed by atoms with Crippen LogP contribution in [0.15, 0.2) is 30.3 Å². The van der Waals surface area contributed by atoms with Gasteiger partial charge in [0.05, 0.1) is 42.7 Å². The second-order valence-electron chi connectivity index (χ2n) is 15.9. The number of carboxylic acid groups (broad SMARTS) is 1. The predicted octanol–water partition coefficient (Wildman–Crippen LogP) is 4.54. The number of nitrogens with zero attached hydrogens (tertiary/aromatic N) is 3. The van der Waals surface area contributed by atoms with E-state index in [9.17, 15) is 29.1 Å². The second-order valence-corrected chi connectivity index (χ2v) is 15.9. The molecule has 0 bridgehead atoms. The van der Waals surface area contributed by atoms with E-state index in [0.717, 1.165) is 18.4 Å². The maximum absolute atomic E-state index is 14.3. The van der Waals surface area contributed by atoms with Gasteiger partial charge in [-0.1, -0.05) is 85.2 Å². The molecule has 1 aromatic rings. The fourth-order valence-corrected chi connectivity index (χ4v) is 8.12. The Morgan fingerprint density at radius 3 is 2.04 bits per heavy atom. The molecule has 1 unspecified atom stereocenters. The van der Waals surface area contributed by atoms with Gasteiger partial charge < -0.3 is 29.7 Å². The van der Waals surface area contributed by atoms with Crippen LogP contribution < -0.4 is 5.32 Å². The smallest absolute Gasteiger partial charge is 0.326 e. The molecule has 12 heteroatoms. The van der Waals surface area contributed by atoms with Gasteiger partial charge >= 0.3 is 5.97 Å². The number of rotatable bonds is 22. The number of carbonyl (C=O) groups excluding carboxylic acids is 4. The average molecular weight is 745 g/mol. The molecule has 2 rings (SSSR count). The van der Waals surface area contributed by atoms with Crippen LogP contribution in [0, 0.1) is 29.6 Å². The molecule has 53 heavy (non-hydrogen) atoms. The molecule has 0 saturated carbocycles. The molecule has 1 aromatic carbocycles. The van der Waals surface area contributed by atoms with Crippen LogP contribution in [0.25, 0.3) is 0 Å². The Labute approximate surface area is 318 Å². The third-order valence-electron chi connectivity index (χ3n) is 11.2. The highest BCUT2D eigenvalue weighted by Gasteiger charge is 2.43. The third-order valence-corrected chi connectivity index (χ3v) is 11.2. The van der Waals surface area contributed by atoms with Gasteiger partial charge in [0.1, 0.15) is 6.04 Å². The summed E-state index contributed by atoms with van der Waals surface area (Å²) in [5.41, 5.74) is 0.789. The van der Waals surface area contributed by atoms with Gasteiger partial charge in [0, 0.05) is 46.6 Å². The minimum atomic E-state index is -1.13. The first kappa shape index (κ1) is 45.8. The summed E-state index contributed by atoms with van der Waals surface area (Å²) in [5.74, 6) is -3.14. The topological polar surface area (TPSA) is 146 Å². The molecule has 1 saturated heterocycles. The Kier molecular flexibility index (Phi) is 18.6. The van der Waals surface area contributed by atoms with Crippen LogP contribution in [0.5, 0.6) is 0 Å². The summed E-state index contributed by atoms with van der Waals surface area (Å²) in [7, 11) is 8.58. The summed E-state index contributed by atoms with van der Waals surface area (Å²) < 4.78 is 11.9. The lowest BCUT2D eigenvalue weighted by Gasteiger charge is -2.41. The average Bonchev–Trinajstić information content (AvgIpc) is 3.59. The van der Waals surface area contributed by atoms with Crippen LogP contribution in [0.4, 0.5) is 0 Å². The SMILES string of the molecule is CC[C@H](C)[C@@H]([C@@H](CC(=O)N1CCC[C@H]1[C@H](OC)[C@@H](C)C(=O)N[C@@H](Cc1ccccc1)C(=O)O)OC)N(C)C(=O)[C@@H](CC(=O)C(C(C)C)N(C)C)C(C)C. The molecule has 0 aromatic heterocycles. The van der Waals surface area contributed by atoms with Gasteiger partial charge in [0.15, 0.2) is 5.78 Å². The number of likely N-dealkylation sites (N-methyl/N-ethyl adjacent to an activating group) is 2. The first-order valence-electron chi connectivity index (χ1n) is 19.3. The molecule has 300 valence electrons. The van der Waals surface area contributed by atoms with Crippen LogP contribution in [0.2, 0.25) is 0 Å². The molecule has 0 radical (unpaired) electrons. The lowest BCUT2D eigenvalue weighted by molar-refractivity contribution is -0.149. The van der Waals surface area contributed by atoms with Crippen LogP contribution in [-0.2, 0) is 39.9 Å². The number of Topliss-reactive ketones (excluding diaryl/α,β-unsaturated/α-hetero) is 1. The largest absolute Gasteiger partial charge is 0.480 e. The quantitative estimate of drug-likeness (QED) is 0.175. The first-order chi connectivity index (χ1) is 24.9. The molecule has 0 spiro atoms. The molecular formula is C41H68N4O8. The third kappa shape index (κ3) is 12.3. The fourth-order valence-electron chi connectivity index (χ4n) is 8.12. The van der Waals surface area contributed by atoms with Crippen LogP contribution in [0.3, 0.4) is 0 Å². The van der Waals surface area contributed by atoms with E-state index in [0.29, 0.717) is 13.0 Å². The van der Waals surface area contributed by atoms with Crippen molar-refractivity contribution in [1.82, 2.24) is 20.0 Å². The second kappa shape index (κ2) is 21.5. The normalized spacial score (nSPS) is 19.3. The predicted molar refractivity (Wildman–Crippen MR) is 206 cm³/mol. The lowest BCUT2D eigenvalue weighted by Crippen LogP contribution is -2.55. The molecule has 1 aliphatic rings. The van der Waals surface area contributed by atoms with E-state index >= 15 is 0 Å². The molecule has 1 heterocycles. The fraction of sp³-hybridized carbons (Fsp3) is 0.732. The Morgan fingerprint density at radius 2 is 1.55 bits per heavy atom. The van der Waals surface area contributed by atoms with Crippen molar-refractivity contribution in [3.05, 3.63) is 35.9 Å². The number of methoxy groups -OCH3 is 2. The Balaban J connectivity index is 2.27. The molecule has 3 amide bonds. The zero-order valence-electron chi connectivity index (χ0n) is 34.3. The summed E-state index contributed by atoms with van der Waals surface area (Å²) in [4.78, 5) is 72.9. The Morgan fingerprint density at radius 1 is 0.925 bits per heavy atom. The van der Waals surface area contributed by atoms with E-state index in [2.05, 4.69) is 5.32 Å². The number of carboxylic acids is 1. The number of aliphatic carboxylic acids is 1. The number of ether oxygens (including phenoxy) is 2. The summed E-state index contributed by atoms with van der Waals surface area (Å²) >= 11 is 0. The summed E-state index contributed by atoms with van der Waals surface area (Å²) in [6.07, 6.45) is 1.05. The number of nitrogens with one attached hydrogen (secondary N) is 1. The Bertz CT molecular complexity index is 1330. The number of hydrogen-bond acceptors (Lipinski definition) is 8. The van der Waals surface area contributed by atoms with Gasteiger partial charge in [-0.15, -0.1) is 0 Å². The van der Waals surface area contributed by atoms with Gasteiger partial charge in [-0.2, -0.15) is 0 Å². The number of likely N-dealkylation sites (tertiary alicyclic amines) is 1. The number of hydrogen-bond donors (Lipinski definition) is 2. The van der Waals surface area contributed by atoms with E-state index in [1.807, 2.05) is 90.9 Å². The van der Waals surface area contributed by atoms with Crippen LogP contribution >= 0.6 is 0 Å². The molecule has 1 fully saturated rings.